The topological polar surface area (TPSA) is 74.6 Å². The molecule has 0 aromatic carbocycles. The molecule has 5 heteroatoms. The second-order valence-corrected chi connectivity index (χ2v) is 6.39. The van der Waals surface area contributed by atoms with E-state index in [-0.39, 0.29) is 19.6 Å². The summed E-state index contributed by atoms with van der Waals surface area (Å²) in [5.74, 6) is 0. The van der Waals surface area contributed by atoms with E-state index in [1.54, 1.807) is 0 Å². The van der Waals surface area contributed by atoms with E-state index < -0.39 is 20.5 Å². The zero-order valence-corrected chi connectivity index (χ0v) is 9.05. The normalized spacial score (nSPS) is 26.8. The predicted molar refractivity (Wildman–Crippen MR) is 53.6 cm³/mol. The van der Waals surface area contributed by atoms with Crippen LogP contribution in [0.5, 0.6) is 0 Å². The van der Waals surface area contributed by atoms with Crippen molar-refractivity contribution in [3.63, 3.8) is 0 Å². The molecular weight excluding hydrogens is 204 g/mol. The maximum Gasteiger partial charge on any atom is 0.150 e. The summed E-state index contributed by atoms with van der Waals surface area (Å²) in [5, 5.41) is 17.8. The number of rotatable bonds is 3. The lowest BCUT2D eigenvalue weighted by Crippen LogP contribution is -2.29. The van der Waals surface area contributed by atoms with Crippen molar-refractivity contribution in [3.05, 3.63) is 12.2 Å². The van der Waals surface area contributed by atoms with Crippen molar-refractivity contribution in [2.24, 2.45) is 5.41 Å². The Morgan fingerprint density at radius 3 is 2.21 bits per heavy atom. The maximum atomic E-state index is 11.3. The van der Waals surface area contributed by atoms with Crippen LogP contribution in [0.15, 0.2) is 12.2 Å². The first-order valence-electron chi connectivity index (χ1n) is 4.44. The van der Waals surface area contributed by atoms with Gasteiger partial charge < -0.3 is 10.2 Å². The van der Waals surface area contributed by atoms with E-state index in [0.717, 1.165) is 0 Å². The van der Waals surface area contributed by atoms with Crippen LogP contribution < -0.4 is 0 Å². The first-order chi connectivity index (χ1) is 6.35. The summed E-state index contributed by atoms with van der Waals surface area (Å²) < 4.78 is 22.6. The zero-order chi connectivity index (χ0) is 11.0. The summed E-state index contributed by atoms with van der Waals surface area (Å²) in [4.78, 5) is 0. The SMILES string of the molecule is C=C1CC(S(C)(=O)=O)CC1(CO)CO. The molecular formula is C9H16O4S. The second kappa shape index (κ2) is 3.64. The van der Waals surface area contributed by atoms with Crippen LogP contribution >= 0.6 is 0 Å². The van der Waals surface area contributed by atoms with Gasteiger partial charge in [0.2, 0.25) is 0 Å². The van der Waals surface area contributed by atoms with Gasteiger partial charge in [-0.05, 0) is 12.8 Å². The molecule has 0 bridgehead atoms. The third-order valence-corrected chi connectivity index (χ3v) is 4.60. The van der Waals surface area contributed by atoms with E-state index in [2.05, 4.69) is 6.58 Å². The molecule has 1 unspecified atom stereocenters. The Balaban J connectivity index is 2.94. The Hall–Kier alpha value is -0.390. The molecule has 1 aliphatic rings. The third-order valence-electron chi connectivity index (χ3n) is 3.05. The fourth-order valence-corrected chi connectivity index (χ4v) is 2.97. The Morgan fingerprint density at radius 2 is 2.00 bits per heavy atom. The molecule has 0 aliphatic heterocycles. The number of hydrogen-bond acceptors (Lipinski definition) is 4. The van der Waals surface area contributed by atoms with Crippen LogP contribution in [0.25, 0.3) is 0 Å². The van der Waals surface area contributed by atoms with Crippen LogP contribution in [0.4, 0.5) is 0 Å². The lowest BCUT2D eigenvalue weighted by atomic mass is 9.85. The van der Waals surface area contributed by atoms with Gasteiger partial charge in [-0.25, -0.2) is 8.42 Å². The summed E-state index contributed by atoms with van der Waals surface area (Å²) in [7, 11) is -3.11. The minimum Gasteiger partial charge on any atom is -0.395 e. The molecule has 0 heterocycles. The molecule has 0 saturated heterocycles. The van der Waals surface area contributed by atoms with Crippen LogP contribution in [0.1, 0.15) is 12.8 Å². The van der Waals surface area contributed by atoms with Gasteiger partial charge in [0.1, 0.15) is 0 Å². The number of hydrogen-bond donors (Lipinski definition) is 2. The van der Waals surface area contributed by atoms with Crippen molar-refractivity contribution < 1.29 is 18.6 Å². The number of aliphatic hydroxyl groups is 2. The van der Waals surface area contributed by atoms with Crippen LogP contribution in [0, 0.1) is 5.41 Å². The first kappa shape index (κ1) is 11.7. The summed E-state index contributed by atoms with van der Waals surface area (Å²) in [6, 6.07) is 0. The Morgan fingerprint density at radius 1 is 1.50 bits per heavy atom. The standard InChI is InChI=1S/C9H16O4S/c1-7-3-8(14(2,12)13)4-9(7,5-10)6-11/h8,10-11H,1,3-6H2,2H3. The molecule has 0 amide bonds. The smallest absolute Gasteiger partial charge is 0.150 e. The Bertz CT molecular complexity index is 327. The fourth-order valence-electron chi connectivity index (χ4n) is 1.85. The van der Waals surface area contributed by atoms with Gasteiger partial charge in [-0.15, -0.1) is 0 Å². The molecule has 4 nitrogen and oxygen atoms in total. The lowest BCUT2D eigenvalue weighted by Gasteiger charge is -2.25. The first-order valence-corrected chi connectivity index (χ1v) is 6.40. The molecule has 0 aromatic rings. The van der Waals surface area contributed by atoms with E-state index in [0.29, 0.717) is 12.0 Å². The van der Waals surface area contributed by atoms with Crippen LogP contribution in [0.2, 0.25) is 0 Å². The minimum atomic E-state index is -3.11. The average Bonchev–Trinajstić information content (AvgIpc) is 2.43. The van der Waals surface area contributed by atoms with E-state index in [4.69, 9.17) is 10.2 Å². The van der Waals surface area contributed by atoms with Crippen LogP contribution in [-0.2, 0) is 9.84 Å². The van der Waals surface area contributed by atoms with Gasteiger partial charge in [0.05, 0.1) is 18.5 Å². The third kappa shape index (κ3) is 1.85. The zero-order valence-electron chi connectivity index (χ0n) is 8.23. The second-order valence-electron chi connectivity index (χ2n) is 4.06. The molecule has 0 aromatic heterocycles. The van der Waals surface area contributed by atoms with Crippen molar-refractivity contribution in [3.8, 4) is 0 Å². The highest BCUT2D eigenvalue weighted by Crippen LogP contribution is 2.43. The van der Waals surface area contributed by atoms with Gasteiger partial charge >= 0.3 is 0 Å². The largest absolute Gasteiger partial charge is 0.395 e. The van der Waals surface area contributed by atoms with Crippen molar-refractivity contribution in [2.45, 2.75) is 18.1 Å². The molecule has 2 N–H and O–H groups in total. The molecule has 1 fully saturated rings. The quantitative estimate of drug-likeness (QED) is 0.642. The fraction of sp³-hybridized carbons (Fsp3) is 0.778. The van der Waals surface area contributed by atoms with Crippen molar-refractivity contribution in [1.29, 1.82) is 0 Å². The molecule has 1 aliphatic carbocycles. The molecule has 14 heavy (non-hydrogen) atoms. The highest BCUT2D eigenvalue weighted by molar-refractivity contribution is 7.91. The van der Waals surface area contributed by atoms with Gasteiger partial charge in [-0.1, -0.05) is 12.2 Å². The Kier molecular flexibility index (Phi) is 3.04. The summed E-state index contributed by atoms with van der Waals surface area (Å²) in [6.07, 6.45) is 1.80. The lowest BCUT2D eigenvalue weighted by molar-refractivity contribution is 0.0898. The van der Waals surface area contributed by atoms with Crippen molar-refractivity contribution in [1.82, 2.24) is 0 Å². The van der Waals surface area contributed by atoms with Crippen molar-refractivity contribution >= 4 is 9.84 Å². The van der Waals surface area contributed by atoms with E-state index in [1.807, 2.05) is 0 Å². The van der Waals surface area contributed by atoms with Gasteiger partial charge in [0, 0.05) is 11.7 Å². The van der Waals surface area contributed by atoms with Crippen LogP contribution in [-0.4, -0.2) is 43.4 Å². The summed E-state index contributed by atoms with van der Waals surface area (Å²) in [6.45, 7) is 3.25. The van der Waals surface area contributed by atoms with E-state index in [9.17, 15) is 8.42 Å². The monoisotopic (exact) mass is 220 g/mol. The minimum absolute atomic E-state index is 0.242. The average molecular weight is 220 g/mol. The molecule has 0 spiro atoms. The number of aliphatic hydroxyl groups excluding tert-OH is 2. The molecule has 1 rings (SSSR count). The maximum absolute atomic E-state index is 11.3. The van der Waals surface area contributed by atoms with Gasteiger partial charge in [-0.2, -0.15) is 0 Å². The van der Waals surface area contributed by atoms with Crippen LogP contribution in [0.3, 0.4) is 0 Å². The molecule has 0 radical (unpaired) electrons. The van der Waals surface area contributed by atoms with Gasteiger partial charge in [0.15, 0.2) is 9.84 Å². The molecule has 1 atom stereocenters. The van der Waals surface area contributed by atoms with Crippen molar-refractivity contribution in [2.75, 3.05) is 19.5 Å². The Labute approximate surface area is 84.2 Å². The summed E-state index contributed by atoms with van der Waals surface area (Å²) in [5.41, 5.74) is -0.161. The predicted octanol–water partition coefficient (Wildman–Crippen LogP) is -0.279. The number of sulfone groups is 1. The molecule has 1 saturated carbocycles. The molecule has 82 valence electrons. The highest BCUT2D eigenvalue weighted by Gasteiger charge is 2.44. The van der Waals surface area contributed by atoms with E-state index >= 15 is 0 Å². The summed E-state index contributed by atoms with van der Waals surface area (Å²) >= 11 is 0. The van der Waals surface area contributed by atoms with Gasteiger partial charge in [0.25, 0.3) is 0 Å². The van der Waals surface area contributed by atoms with Gasteiger partial charge in [-0.3, -0.25) is 0 Å². The highest BCUT2D eigenvalue weighted by atomic mass is 32.2. The van der Waals surface area contributed by atoms with E-state index in [1.165, 1.54) is 6.26 Å².